The fourth-order valence-electron chi connectivity index (χ4n) is 3.40. The zero-order chi connectivity index (χ0) is 15.5. The van der Waals surface area contributed by atoms with Crippen LogP contribution in [0.15, 0.2) is 30.3 Å². The van der Waals surface area contributed by atoms with E-state index >= 15 is 0 Å². The Bertz CT molecular complexity index is 438. The monoisotopic (exact) mass is 288 g/mol. The second-order valence-electron chi connectivity index (χ2n) is 7.80. The summed E-state index contributed by atoms with van der Waals surface area (Å²) in [6.45, 7) is 15.0. The molecule has 1 saturated heterocycles. The van der Waals surface area contributed by atoms with Gasteiger partial charge in [-0.15, -0.1) is 0 Å². The molecular weight excluding hydrogens is 256 g/mol. The Labute approximate surface area is 130 Å². The minimum atomic E-state index is 0.160. The van der Waals surface area contributed by atoms with Crippen molar-refractivity contribution in [1.82, 2.24) is 10.2 Å². The molecule has 1 aromatic carbocycles. The van der Waals surface area contributed by atoms with Crippen LogP contribution in [-0.2, 0) is 5.41 Å². The number of benzene rings is 1. The molecule has 0 bridgehead atoms. The van der Waals surface area contributed by atoms with E-state index in [1.165, 1.54) is 24.9 Å². The van der Waals surface area contributed by atoms with Crippen molar-refractivity contribution in [3.8, 4) is 0 Å². The molecule has 2 nitrogen and oxygen atoms in total. The maximum Gasteiger partial charge on any atom is 0.0177 e. The Morgan fingerprint density at radius 3 is 2.43 bits per heavy atom. The molecule has 1 aliphatic heterocycles. The van der Waals surface area contributed by atoms with Crippen LogP contribution in [0.25, 0.3) is 0 Å². The molecule has 2 rings (SSSR count). The van der Waals surface area contributed by atoms with Crippen molar-refractivity contribution in [3.63, 3.8) is 0 Å². The van der Waals surface area contributed by atoms with E-state index in [1.54, 1.807) is 0 Å². The lowest BCUT2D eigenvalue weighted by molar-refractivity contribution is 0.135. The highest BCUT2D eigenvalue weighted by Crippen LogP contribution is 2.33. The predicted molar refractivity (Wildman–Crippen MR) is 91.8 cm³/mol. The topological polar surface area (TPSA) is 15.3 Å². The molecule has 0 aromatic heterocycles. The number of likely N-dealkylation sites (tertiary alicyclic amines) is 1. The smallest absolute Gasteiger partial charge is 0.0177 e. The molecule has 1 fully saturated rings. The normalized spacial score (nSPS) is 21.6. The van der Waals surface area contributed by atoms with Crippen molar-refractivity contribution in [2.45, 2.75) is 64.5 Å². The van der Waals surface area contributed by atoms with Gasteiger partial charge in [0.25, 0.3) is 0 Å². The minimum absolute atomic E-state index is 0.160. The van der Waals surface area contributed by atoms with E-state index in [9.17, 15) is 0 Å². The first-order valence-electron chi connectivity index (χ1n) is 8.37. The summed E-state index contributed by atoms with van der Waals surface area (Å²) >= 11 is 0. The minimum Gasteiger partial charge on any atom is -0.314 e. The predicted octanol–water partition coefficient (Wildman–Crippen LogP) is 3.82. The van der Waals surface area contributed by atoms with Crippen LogP contribution in [0.2, 0.25) is 0 Å². The van der Waals surface area contributed by atoms with Crippen LogP contribution < -0.4 is 5.32 Å². The maximum absolute atomic E-state index is 3.66. The van der Waals surface area contributed by atoms with Gasteiger partial charge in [0.2, 0.25) is 0 Å². The number of hydrogen-bond donors (Lipinski definition) is 1. The Balaban J connectivity index is 2.19. The van der Waals surface area contributed by atoms with E-state index in [-0.39, 0.29) is 5.41 Å². The molecule has 1 unspecified atom stereocenters. The van der Waals surface area contributed by atoms with Crippen LogP contribution in [0, 0.1) is 0 Å². The molecule has 1 N–H and O–H groups in total. The highest BCUT2D eigenvalue weighted by atomic mass is 15.2. The van der Waals surface area contributed by atoms with Gasteiger partial charge in [-0.25, -0.2) is 0 Å². The van der Waals surface area contributed by atoms with E-state index in [2.05, 4.69) is 75.2 Å². The van der Waals surface area contributed by atoms with Crippen LogP contribution in [0.1, 0.15) is 53.0 Å². The first kappa shape index (κ1) is 16.5. The van der Waals surface area contributed by atoms with Crippen LogP contribution in [0.3, 0.4) is 0 Å². The van der Waals surface area contributed by atoms with Gasteiger partial charge in [-0.1, -0.05) is 51.1 Å². The second-order valence-corrected chi connectivity index (χ2v) is 7.80. The lowest BCUT2D eigenvalue weighted by atomic mass is 9.80. The van der Waals surface area contributed by atoms with Crippen LogP contribution in [0.5, 0.6) is 0 Å². The summed E-state index contributed by atoms with van der Waals surface area (Å²) in [6.07, 6.45) is 2.64. The number of rotatable bonds is 6. The molecule has 1 aliphatic rings. The van der Waals surface area contributed by atoms with Crippen molar-refractivity contribution >= 4 is 0 Å². The van der Waals surface area contributed by atoms with Crippen LogP contribution in [-0.4, -0.2) is 36.1 Å². The van der Waals surface area contributed by atoms with E-state index in [0.29, 0.717) is 11.6 Å². The molecule has 0 amide bonds. The summed E-state index contributed by atoms with van der Waals surface area (Å²) in [7, 11) is 0. The Hall–Kier alpha value is -0.860. The molecule has 21 heavy (non-hydrogen) atoms. The molecule has 0 saturated carbocycles. The highest BCUT2D eigenvalue weighted by molar-refractivity contribution is 5.26. The Morgan fingerprint density at radius 1 is 1.24 bits per heavy atom. The standard InChI is InChI=1S/C19H32N2/c1-16(2)20-14-19(5,17-10-7-6-8-11-17)15-21-13-9-12-18(21,3)4/h6-8,10-11,16,20H,9,12-15H2,1-5H3. The first-order valence-corrected chi connectivity index (χ1v) is 8.37. The Morgan fingerprint density at radius 2 is 1.90 bits per heavy atom. The number of nitrogens with zero attached hydrogens (tertiary/aromatic N) is 1. The molecular formula is C19H32N2. The summed E-state index contributed by atoms with van der Waals surface area (Å²) in [5, 5.41) is 3.66. The van der Waals surface area contributed by atoms with Crippen molar-refractivity contribution in [1.29, 1.82) is 0 Å². The zero-order valence-electron chi connectivity index (χ0n) is 14.4. The average molecular weight is 288 g/mol. The number of nitrogens with one attached hydrogen (secondary N) is 1. The fourth-order valence-corrected chi connectivity index (χ4v) is 3.40. The summed E-state index contributed by atoms with van der Waals surface area (Å²) in [5.41, 5.74) is 1.95. The molecule has 1 atom stereocenters. The zero-order valence-corrected chi connectivity index (χ0v) is 14.4. The molecule has 0 radical (unpaired) electrons. The van der Waals surface area contributed by atoms with Gasteiger partial charge in [-0.2, -0.15) is 0 Å². The van der Waals surface area contributed by atoms with Gasteiger partial charge in [-0.05, 0) is 38.8 Å². The quantitative estimate of drug-likeness (QED) is 0.856. The maximum atomic E-state index is 3.66. The average Bonchev–Trinajstić information content (AvgIpc) is 2.76. The van der Waals surface area contributed by atoms with Gasteiger partial charge in [0.1, 0.15) is 0 Å². The number of hydrogen-bond acceptors (Lipinski definition) is 2. The van der Waals surface area contributed by atoms with Gasteiger partial charge in [0, 0.05) is 30.1 Å². The Kier molecular flexibility index (Phi) is 5.11. The van der Waals surface area contributed by atoms with Gasteiger partial charge < -0.3 is 5.32 Å². The summed E-state index contributed by atoms with van der Waals surface area (Å²) in [4.78, 5) is 2.68. The molecule has 118 valence electrons. The molecule has 0 spiro atoms. The lowest BCUT2D eigenvalue weighted by Crippen LogP contribution is -2.50. The van der Waals surface area contributed by atoms with Gasteiger partial charge in [0.05, 0.1) is 0 Å². The second kappa shape index (κ2) is 6.50. The molecule has 0 aliphatic carbocycles. The van der Waals surface area contributed by atoms with Crippen molar-refractivity contribution < 1.29 is 0 Å². The molecule has 1 heterocycles. The van der Waals surface area contributed by atoms with Gasteiger partial charge in [-0.3, -0.25) is 4.90 Å². The van der Waals surface area contributed by atoms with E-state index in [1.807, 2.05) is 0 Å². The summed E-state index contributed by atoms with van der Waals surface area (Å²) < 4.78 is 0. The summed E-state index contributed by atoms with van der Waals surface area (Å²) in [6, 6.07) is 11.5. The van der Waals surface area contributed by atoms with E-state index < -0.39 is 0 Å². The van der Waals surface area contributed by atoms with Gasteiger partial charge >= 0.3 is 0 Å². The third kappa shape index (κ3) is 4.08. The summed E-state index contributed by atoms with van der Waals surface area (Å²) in [5.74, 6) is 0. The third-order valence-electron chi connectivity index (χ3n) is 4.98. The van der Waals surface area contributed by atoms with E-state index in [0.717, 1.165) is 13.1 Å². The van der Waals surface area contributed by atoms with Crippen molar-refractivity contribution in [2.24, 2.45) is 0 Å². The first-order chi connectivity index (χ1) is 9.83. The molecule has 2 heteroatoms. The SMILES string of the molecule is CC(C)NCC(C)(CN1CCCC1(C)C)c1ccccc1. The third-order valence-corrected chi connectivity index (χ3v) is 4.98. The van der Waals surface area contributed by atoms with Crippen molar-refractivity contribution in [2.75, 3.05) is 19.6 Å². The lowest BCUT2D eigenvalue weighted by Gasteiger charge is -2.41. The van der Waals surface area contributed by atoms with Crippen molar-refractivity contribution in [3.05, 3.63) is 35.9 Å². The van der Waals surface area contributed by atoms with Crippen LogP contribution in [0.4, 0.5) is 0 Å². The van der Waals surface area contributed by atoms with E-state index in [4.69, 9.17) is 0 Å². The molecule has 1 aromatic rings. The largest absolute Gasteiger partial charge is 0.314 e. The highest BCUT2D eigenvalue weighted by Gasteiger charge is 2.37. The fraction of sp³-hybridized carbons (Fsp3) is 0.684. The van der Waals surface area contributed by atoms with Crippen LogP contribution >= 0.6 is 0 Å². The van der Waals surface area contributed by atoms with Gasteiger partial charge in [0.15, 0.2) is 0 Å².